The van der Waals surface area contributed by atoms with Gasteiger partial charge in [-0.15, -0.1) is 0 Å². The van der Waals surface area contributed by atoms with Crippen molar-refractivity contribution in [3.8, 4) is 0 Å². The van der Waals surface area contributed by atoms with Crippen LogP contribution in [0.5, 0.6) is 0 Å². The van der Waals surface area contributed by atoms with Crippen LogP contribution in [0.15, 0.2) is 0 Å². The Morgan fingerprint density at radius 3 is 2.56 bits per heavy atom. The van der Waals surface area contributed by atoms with E-state index in [1.54, 1.807) is 0 Å². The fourth-order valence-corrected chi connectivity index (χ4v) is 3.57. The molecule has 4 unspecified atom stereocenters. The molecule has 2 aliphatic rings. The Bertz CT molecular complexity index is 292. The van der Waals surface area contributed by atoms with Crippen molar-refractivity contribution in [2.24, 2.45) is 17.8 Å². The summed E-state index contributed by atoms with van der Waals surface area (Å²) < 4.78 is 0. The first kappa shape index (κ1) is 13.9. The number of carbonyl (C=O) groups excluding carboxylic acids is 1. The number of nitrogens with one attached hydrogen (secondary N) is 1. The van der Waals surface area contributed by atoms with Gasteiger partial charge >= 0.3 is 0 Å². The van der Waals surface area contributed by atoms with Gasteiger partial charge in [-0.2, -0.15) is 0 Å². The molecule has 0 spiro atoms. The van der Waals surface area contributed by atoms with E-state index in [0.29, 0.717) is 17.9 Å². The quantitative estimate of drug-likeness (QED) is 0.817. The molecule has 0 radical (unpaired) electrons. The average Bonchev–Trinajstić information content (AvgIpc) is 2.37. The van der Waals surface area contributed by atoms with Gasteiger partial charge in [-0.05, 0) is 37.6 Å². The van der Waals surface area contributed by atoms with Gasteiger partial charge in [0.1, 0.15) is 0 Å². The Morgan fingerprint density at radius 2 is 1.89 bits per heavy atom. The van der Waals surface area contributed by atoms with Crippen LogP contribution in [0.1, 0.15) is 46.0 Å². The second-order valence-corrected chi connectivity index (χ2v) is 6.57. The number of hydrogen-bond acceptors (Lipinski definition) is 2. The molecule has 2 rings (SSSR count). The normalized spacial score (nSPS) is 37.3. The predicted octanol–water partition coefficient (Wildman–Crippen LogP) is 2.27. The molecule has 0 aromatic heterocycles. The van der Waals surface area contributed by atoms with Gasteiger partial charge in [0.05, 0.1) is 5.92 Å². The molecule has 0 aromatic rings. The average molecular weight is 252 g/mol. The van der Waals surface area contributed by atoms with E-state index in [1.165, 1.54) is 25.7 Å². The molecule has 1 amide bonds. The highest BCUT2D eigenvalue weighted by molar-refractivity contribution is 5.79. The highest BCUT2D eigenvalue weighted by Crippen LogP contribution is 2.28. The first-order valence-corrected chi connectivity index (χ1v) is 7.55. The molecule has 18 heavy (non-hydrogen) atoms. The van der Waals surface area contributed by atoms with Crippen molar-refractivity contribution in [2.75, 3.05) is 20.1 Å². The number of piperidine rings is 1. The summed E-state index contributed by atoms with van der Waals surface area (Å²) in [7, 11) is 2.02. The van der Waals surface area contributed by atoms with Crippen molar-refractivity contribution < 1.29 is 4.79 Å². The second-order valence-electron chi connectivity index (χ2n) is 6.57. The van der Waals surface area contributed by atoms with Crippen LogP contribution in [-0.4, -0.2) is 37.0 Å². The van der Waals surface area contributed by atoms with Crippen LogP contribution < -0.4 is 5.32 Å². The van der Waals surface area contributed by atoms with Crippen molar-refractivity contribution in [1.82, 2.24) is 10.2 Å². The zero-order chi connectivity index (χ0) is 13.1. The van der Waals surface area contributed by atoms with E-state index in [-0.39, 0.29) is 5.92 Å². The number of nitrogens with zero attached hydrogens (tertiary/aromatic N) is 1. The number of rotatable bonds is 2. The third-order valence-corrected chi connectivity index (χ3v) is 4.72. The lowest BCUT2D eigenvalue weighted by Crippen LogP contribution is -2.48. The van der Waals surface area contributed by atoms with Crippen LogP contribution in [0.4, 0.5) is 0 Å². The molecule has 2 fully saturated rings. The van der Waals surface area contributed by atoms with Gasteiger partial charge in [-0.3, -0.25) is 4.79 Å². The molecule has 1 N–H and O–H groups in total. The highest BCUT2D eigenvalue weighted by atomic mass is 16.2. The Labute approximate surface area is 111 Å². The molecule has 1 aliphatic heterocycles. The smallest absolute Gasteiger partial charge is 0.226 e. The van der Waals surface area contributed by atoms with Gasteiger partial charge in [0, 0.05) is 19.6 Å². The molecule has 1 aliphatic carbocycles. The Kier molecular flexibility index (Phi) is 4.66. The van der Waals surface area contributed by atoms with Crippen molar-refractivity contribution >= 4 is 5.91 Å². The van der Waals surface area contributed by atoms with Gasteiger partial charge in [-0.1, -0.05) is 26.7 Å². The Morgan fingerprint density at radius 1 is 1.11 bits per heavy atom. The number of amides is 1. The Balaban J connectivity index is 1.91. The summed E-state index contributed by atoms with van der Waals surface area (Å²) in [5.74, 6) is 1.98. The SMILES string of the molecule is CC1CNCC(C(=O)N(C)C2CCCC(C)C2)C1. The van der Waals surface area contributed by atoms with Crippen molar-refractivity contribution in [3.05, 3.63) is 0 Å². The number of carbonyl (C=O) groups is 1. The van der Waals surface area contributed by atoms with E-state index in [9.17, 15) is 4.79 Å². The summed E-state index contributed by atoms with van der Waals surface area (Å²) in [6.07, 6.45) is 6.06. The third-order valence-electron chi connectivity index (χ3n) is 4.72. The Hall–Kier alpha value is -0.570. The van der Waals surface area contributed by atoms with E-state index in [2.05, 4.69) is 24.1 Å². The molecule has 1 saturated heterocycles. The van der Waals surface area contributed by atoms with Crippen LogP contribution in [0.2, 0.25) is 0 Å². The lowest BCUT2D eigenvalue weighted by atomic mass is 9.85. The maximum Gasteiger partial charge on any atom is 0.226 e. The van der Waals surface area contributed by atoms with E-state index >= 15 is 0 Å². The first-order chi connectivity index (χ1) is 8.58. The largest absolute Gasteiger partial charge is 0.342 e. The van der Waals surface area contributed by atoms with E-state index in [0.717, 1.165) is 25.4 Å². The first-order valence-electron chi connectivity index (χ1n) is 7.55. The standard InChI is InChI=1S/C15H28N2O/c1-11-5-4-6-14(8-11)17(3)15(18)13-7-12(2)9-16-10-13/h11-14,16H,4-10H2,1-3H3. The minimum atomic E-state index is 0.205. The molecular weight excluding hydrogens is 224 g/mol. The van der Waals surface area contributed by atoms with Crippen LogP contribution >= 0.6 is 0 Å². The van der Waals surface area contributed by atoms with Crippen molar-refractivity contribution in [3.63, 3.8) is 0 Å². The summed E-state index contributed by atoms with van der Waals surface area (Å²) in [5.41, 5.74) is 0. The topological polar surface area (TPSA) is 32.3 Å². The molecule has 0 aromatic carbocycles. The maximum absolute atomic E-state index is 12.5. The number of hydrogen-bond donors (Lipinski definition) is 1. The fraction of sp³-hybridized carbons (Fsp3) is 0.933. The lowest BCUT2D eigenvalue weighted by molar-refractivity contribution is -0.138. The summed E-state index contributed by atoms with van der Waals surface area (Å²) in [6.45, 7) is 6.48. The van der Waals surface area contributed by atoms with Gasteiger partial charge in [0.2, 0.25) is 5.91 Å². The monoisotopic (exact) mass is 252 g/mol. The summed E-state index contributed by atoms with van der Waals surface area (Å²) in [4.78, 5) is 14.6. The molecule has 104 valence electrons. The van der Waals surface area contributed by atoms with E-state index in [4.69, 9.17) is 0 Å². The summed E-state index contributed by atoms with van der Waals surface area (Å²) in [6, 6.07) is 0.485. The molecule has 4 atom stereocenters. The third kappa shape index (κ3) is 3.25. The van der Waals surface area contributed by atoms with Gasteiger partial charge in [0.15, 0.2) is 0 Å². The van der Waals surface area contributed by atoms with Crippen LogP contribution in [0.3, 0.4) is 0 Å². The summed E-state index contributed by atoms with van der Waals surface area (Å²) in [5, 5.41) is 3.38. The minimum absolute atomic E-state index is 0.205. The fourth-order valence-electron chi connectivity index (χ4n) is 3.57. The second kappa shape index (κ2) is 6.05. The van der Waals surface area contributed by atoms with Crippen molar-refractivity contribution in [2.45, 2.75) is 52.0 Å². The summed E-state index contributed by atoms with van der Waals surface area (Å²) >= 11 is 0. The van der Waals surface area contributed by atoms with Crippen molar-refractivity contribution in [1.29, 1.82) is 0 Å². The molecule has 3 heteroatoms. The highest BCUT2D eigenvalue weighted by Gasteiger charge is 2.31. The predicted molar refractivity (Wildman–Crippen MR) is 74.3 cm³/mol. The van der Waals surface area contributed by atoms with E-state index < -0.39 is 0 Å². The molecule has 1 heterocycles. The maximum atomic E-state index is 12.5. The van der Waals surface area contributed by atoms with Crippen LogP contribution in [0, 0.1) is 17.8 Å². The molecule has 1 saturated carbocycles. The zero-order valence-electron chi connectivity index (χ0n) is 12.1. The molecule has 3 nitrogen and oxygen atoms in total. The lowest BCUT2D eigenvalue weighted by Gasteiger charge is -2.37. The minimum Gasteiger partial charge on any atom is -0.342 e. The van der Waals surface area contributed by atoms with Gasteiger partial charge in [-0.25, -0.2) is 0 Å². The van der Waals surface area contributed by atoms with Crippen LogP contribution in [-0.2, 0) is 4.79 Å². The van der Waals surface area contributed by atoms with Crippen LogP contribution in [0.25, 0.3) is 0 Å². The van der Waals surface area contributed by atoms with E-state index in [1.807, 2.05) is 7.05 Å². The molecule has 0 bridgehead atoms. The zero-order valence-corrected chi connectivity index (χ0v) is 12.1. The molecular formula is C15H28N2O. The van der Waals surface area contributed by atoms with Gasteiger partial charge in [0.25, 0.3) is 0 Å². The van der Waals surface area contributed by atoms with Gasteiger partial charge < -0.3 is 10.2 Å².